The highest BCUT2D eigenvalue weighted by Crippen LogP contribution is 2.21. The monoisotopic (exact) mass is 187 g/mol. The molecule has 1 heterocycles. The SMILES string of the molecule is NCCc1ccccc1-c1cc[nH]n1. The van der Waals surface area contributed by atoms with Crippen molar-refractivity contribution in [2.75, 3.05) is 6.54 Å². The maximum absolute atomic E-state index is 5.55. The molecular formula is C11H13N3. The van der Waals surface area contributed by atoms with E-state index in [1.165, 1.54) is 11.1 Å². The summed E-state index contributed by atoms with van der Waals surface area (Å²) in [7, 11) is 0. The van der Waals surface area contributed by atoms with Crippen LogP contribution in [0.4, 0.5) is 0 Å². The van der Waals surface area contributed by atoms with Crippen LogP contribution >= 0.6 is 0 Å². The highest BCUT2D eigenvalue weighted by molar-refractivity contribution is 5.63. The van der Waals surface area contributed by atoms with Crippen LogP contribution < -0.4 is 5.73 Å². The topological polar surface area (TPSA) is 54.7 Å². The summed E-state index contributed by atoms with van der Waals surface area (Å²) in [6, 6.07) is 10.2. The van der Waals surface area contributed by atoms with Gasteiger partial charge in [-0.15, -0.1) is 0 Å². The molecule has 3 heteroatoms. The molecule has 2 aromatic rings. The maximum Gasteiger partial charge on any atom is 0.0923 e. The second-order valence-corrected chi connectivity index (χ2v) is 3.16. The Balaban J connectivity index is 2.42. The Hall–Kier alpha value is -1.61. The summed E-state index contributed by atoms with van der Waals surface area (Å²) in [6.45, 7) is 0.668. The van der Waals surface area contributed by atoms with E-state index in [-0.39, 0.29) is 0 Å². The molecule has 0 saturated carbocycles. The molecule has 0 fully saturated rings. The maximum atomic E-state index is 5.55. The van der Waals surface area contributed by atoms with Crippen molar-refractivity contribution in [2.24, 2.45) is 5.73 Å². The molecule has 0 spiro atoms. The summed E-state index contributed by atoms with van der Waals surface area (Å²) in [4.78, 5) is 0. The minimum absolute atomic E-state index is 0.668. The summed E-state index contributed by atoms with van der Waals surface area (Å²) in [5.74, 6) is 0. The standard InChI is InChI=1S/C11H13N3/c12-7-5-9-3-1-2-4-10(9)11-6-8-13-14-11/h1-4,6,8H,5,7,12H2,(H,13,14). The van der Waals surface area contributed by atoms with E-state index in [4.69, 9.17) is 5.73 Å². The van der Waals surface area contributed by atoms with Gasteiger partial charge in [-0.25, -0.2) is 0 Å². The fourth-order valence-electron chi connectivity index (χ4n) is 1.55. The van der Waals surface area contributed by atoms with Crippen molar-refractivity contribution in [3.8, 4) is 11.3 Å². The van der Waals surface area contributed by atoms with Crippen LogP contribution in [-0.2, 0) is 6.42 Å². The van der Waals surface area contributed by atoms with Gasteiger partial charge in [0.1, 0.15) is 0 Å². The van der Waals surface area contributed by atoms with Gasteiger partial charge in [0.15, 0.2) is 0 Å². The van der Waals surface area contributed by atoms with E-state index < -0.39 is 0 Å². The molecule has 0 bridgehead atoms. The van der Waals surface area contributed by atoms with Gasteiger partial charge in [0.25, 0.3) is 0 Å². The molecule has 1 aromatic heterocycles. The molecule has 0 unspecified atom stereocenters. The van der Waals surface area contributed by atoms with Crippen molar-refractivity contribution < 1.29 is 0 Å². The van der Waals surface area contributed by atoms with Crippen LogP contribution in [0.25, 0.3) is 11.3 Å². The molecule has 0 amide bonds. The Bertz CT molecular complexity index is 393. The van der Waals surface area contributed by atoms with E-state index >= 15 is 0 Å². The fourth-order valence-corrected chi connectivity index (χ4v) is 1.55. The first kappa shape index (κ1) is 8.97. The van der Waals surface area contributed by atoms with Gasteiger partial charge in [0.2, 0.25) is 0 Å². The van der Waals surface area contributed by atoms with E-state index in [9.17, 15) is 0 Å². The van der Waals surface area contributed by atoms with Crippen molar-refractivity contribution in [1.29, 1.82) is 0 Å². The lowest BCUT2D eigenvalue weighted by Gasteiger charge is -2.04. The van der Waals surface area contributed by atoms with Crippen LogP contribution in [0, 0.1) is 0 Å². The molecule has 14 heavy (non-hydrogen) atoms. The van der Waals surface area contributed by atoms with Crippen LogP contribution in [0.5, 0.6) is 0 Å². The number of benzene rings is 1. The molecule has 0 aliphatic carbocycles. The quantitative estimate of drug-likeness (QED) is 0.766. The van der Waals surface area contributed by atoms with Crippen LogP contribution in [-0.4, -0.2) is 16.7 Å². The van der Waals surface area contributed by atoms with Gasteiger partial charge >= 0.3 is 0 Å². The number of H-pyrrole nitrogens is 1. The Labute approximate surface area is 83.0 Å². The van der Waals surface area contributed by atoms with E-state index in [2.05, 4.69) is 22.3 Å². The third kappa shape index (κ3) is 1.67. The number of nitrogens with zero attached hydrogens (tertiary/aromatic N) is 1. The molecule has 72 valence electrons. The third-order valence-corrected chi connectivity index (χ3v) is 2.21. The Kier molecular flexibility index (Phi) is 2.60. The number of hydrogen-bond acceptors (Lipinski definition) is 2. The molecule has 3 N–H and O–H groups in total. The first-order chi connectivity index (χ1) is 6.92. The summed E-state index contributed by atoms with van der Waals surface area (Å²) in [6.07, 6.45) is 2.72. The minimum atomic E-state index is 0.668. The molecule has 2 rings (SSSR count). The predicted molar refractivity (Wildman–Crippen MR) is 56.8 cm³/mol. The lowest BCUT2D eigenvalue weighted by molar-refractivity contribution is 0.968. The molecule has 0 saturated heterocycles. The highest BCUT2D eigenvalue weighted by atomic mass is 15.1. The number of hydrogen-bond donors (Lipinski definition) is 2. The largest absolute Gasteiger partial charge is 0.330 e. The predicted octanol–water partition coefficient (Wildman–Crippen LogP) is 1.58. The molecule has 0 aliphatic heterocycles. The van der Waals surface area contributed by atoms with Gasteiger partial charge in [-0.2, -0.15) is 5.10 Å². The zero-order valence-electron chi connectivity index (χ0n) is 7.90. The van der Waals surface area contributed by atoms with Crippen molar-refractivity contribution in [3.05, 3.63) is 42.1 Å². The second-order valence-electron chi connectivity index (χ2n) is 3.16. The molecule has 0 aliphatic rings. The zero-order valence-corrected chi connectivity index (χ0v) is 7.90. The van der Waals surface area contributed by atoms with E-state index in [1.54, 1.807) is 0 Å². The van der Waals surface area contributed by atoms with E-state index in [0.717, 1.165) is 12.1 Å². The van der Waals surface area contributed by atoms with Crippen molar-refractivity contribution in [2.45, 2.75) is 6.42 Å². The number of aromatic amines is 1. The molecule has 0 radical (unpaired) electrons. The van der Waals surface area contributed by atoms with Gasteiger partial charge in [0, 0.05) is 11.8 Å². The summed E-state index contributed by atoms with van der Waals surface area (Å²) >= 11 is 0. The van der Waals surface area contributed by atoms with Crippen LogP contribution in [0.15, 0.2) is 36.5 Å². The number of nitrogens with two attached hydrogens (primary N) is 1. The summed E-state index contributed by atoms with van der Waals surface area (Å²) < 4.78 is 0. The number of aromatic nitrogens is 2. The lowest BCUT2D eigenvalue weighted by atomic mass is 10.0. The van der Waals surface area contributed by atoms with Gasteiger partial charge in [-0.3, -0.25) is 5.10 Å². The van der Waals surface area contributed by atoms with Crippen LogP contribution in [0.1, 0.15) is 5.56 Å². The van der Waals surface area contributed by atoms with E-state index in [0.29, 0.717) is 6.54 Å². The highest BCUT2D eigenvalue weighted by Gasteiger charge is 2.04. The Morgan fingerprint density at radius 2 is 2.07 bits per heavy atom. The summed E-state index contributed by atoms with van der Waals surface area (Å²) in [5.41, 5.74) is 8.95. The number of rotatable bonds is 3. The van der Waals surface area contributed by atoms with Gasteiger partial charge in [-0.1, -0.05) is 24.3 Å². The molecule has 3 nitrogen and oxygen atoms in total. The average Bonchev–Trinajstić information content (AvgIpc) is 2.72. The Morgan fingerprint density at radius 1 is 1.21 bits per heavy atom. The lowest BCUT2D eigenvalue weighted by Crippen LogP contribution is -2.03. The van der Waals surface area contributed by atoms with Crippen LogP contribution in [0.3, 0.4) is 0 Å². The third-order valence-electron chi connectivity index (χ3n) is 2.21. The first-order valence-electron chi connectivity index (χ1n) is 4.70. The zero-order chi connectivity index (χ0) is 9.80. The van der Waals surface area contributed by atoms with E-state index in [1.807, 2.05) is 24.4 Å². The van der Waals surface area contributed by atoms with Gasteiger partial charge in [0.05, 0.1) is 5.69 Å². The Morgan fingerprint density at radius 3 is 2.79 bits per heavy atom. The molecular weight excluding hydrogens is 174 g/mol. The number of nitrogens with one attached hydrogen (secondary N) is 1. The van der Waals surface area contributed by atoms with Gasteiger partial charge in [-0.05, 0) is 24.6 Å². The summed E-state index contributed by atoms with van der Waals surface area (Å²) in [5, 5.41) is 6.98. The second kappa shape index (κ2) is 4.07. The minimum Gasteiger partial charge on any atom is -0.330 e. The average molecular weight is 187 g/mol. The van der Waals surface area contributed by atoms with Gasteiger partial charge < -0.3 is 5.73 Å². The molecule has 0 atom stereocenters. The van der Waals surface area contributed by atoms with Crippen LogP contribution in [0.2, 0.25) is 0 Å². The smallest absolute Gasteiger partial charge is 0.0923 e. The van der Waals surface area contributed by atoms with Crippen molar-refractivity contribution in [1.82, 2.24) is 10.2 Å². The first-order valence-corrected chi connectivity index (χ1v) is 4.70. The van der Waals surface area contributed by atoms with Crippen molar-refractivity contribution >= 4 is 0 Å². The molecule has 1 aromatic carbocycles. The fraction of sp³-hybridized carbons (Fsp3) is 0.182. The normalized spacial score (nSPS) is 10.4. The van der Waals surface area contributed by atoms with Crippen molar-refractivity contribution in [3.63, 3.8) is 0 Å².